The smallest absolute Gasteiger partial charge is 0.144 e. The first-order valence-electron chi connectivity index (χ1n) is 6.85. The third kappa shape index (κ3) is 4.78. The lowest BCUT2D eigenvalue weighted by Crippen LogP contribution is -2.19. The summed E-state index contributed by atoms with van der Waals surface area (Å²) in [6.07, 6.45) is 1.60. The van der Waals surface area contributed by atoms with Gasteiger partial charge in [-0.25, -0.2) is 4.21 Å². The van der Waals surface area contributed by atoms with Gasteiger partial charge in [0.1, 0.15) is 22.5 Å². The van der Waals surface area contributed by atoms with Crippen molar-refractivity contribution in [1.82, 2.24) is 0 Å². The number of hydrogen-bond donors (Lipinski definition) is 0. The summed E-state index contributed by atoms with van der Waals surface area (Å²) < 4.78 is 22.6. The molecule has 0 aliphatic carbocycles. The van der Waals surface area contributed by atoms with Crippen LogP contribution in [-0.4, -0.2) is 15.2 Å². The third-order valence-corrected chi connectivity index (χ3v) is 4.60. The highest BCUT2D eigenvalue weighted by atomic mass is 79.9. The lowest BCUT2D eigenvalue weighted by molar-refractivity contribution is 0.481. The summed E-state index contributed by atoms with van der Waals surface area (Å²) in [7, 11) is -1.30. The van der Waals surface area contributed by atoms with Crippen molar-refractivity contribution in [2.24, 2.45) is 4.40 Å². The molecule has 2 rings (SSSR count). The van der Waals surface area contributed by atoms with E-state index in [-0.39, 0.29) is 4.75 Å². The van der Waals surface area contributed by atoms with Crippen molar-refractivity contribution in [1.29, 1.82) is 0 Å². The first-order valence-corrected chi connectivity index (χ1v) is 8.75. The maximum atomic E-state index is 12.0. The van der Waals surface area contributed by atoms with E-state index in [1.165, 1.54) is 0 Å². The fourth-order valence-corrected chi connectivity index (χ4v) is 2.45. The Labute approximate surface area is 142 Å². The second-order valence-electron chi connectivity index (χ2n) is 5.69. The summed E-state index contributed by atoms with van der Waals surface area (Å²) in [5, 5.41) is 0. The summed E-state index contributed by atoms with van der Waals surface area (Å²) in [6.45, 7) is 5.68. The number of nitrogens with zero attached hydrogens (tertiary/aromatic N) is 1. The highest BCUT2D eigenvalue weighted by Crippen LogP contribution is 2.28. The van der Waals surface area contributed by atoms with Crippen molar-refractivity contribution >= 4 is 33.1 Å². The topological polar surface area (TPSA) is 38.7 Å². The molecule has 1 atom stereocenters. The van der Waals surface area contributed by atoms with E-state index in [4.69, 9.17) is 4.74 Å². The van der Waals surface area contributed by atoms with Crippen molar-refractivity contribution < 1.29 is 8.95 Å². The summed E-state index contributed by atoms with van der Waals surface area (Å²) in [6, 6.07) is 15.2. The number of halogens is 1. The zero-order valence-electron chi connectivity index (χ0n) is 12.7. The number of hydrogen-bond acceptors (Lipinski definition) is 2. The first-order chi connectivity index (χ1) is 10.4. The average molecular weight is 380 g/mol. The van der Waals surface area contributed by atoms with Gasteiger partial charge < -0.3 is 4.74 Å². The molecular formula is C17H18BrNO2S. The Balaban J connectivity index is 2.28. The minimum atomic E-state index is -1.30. The van der Waals surface area contributed by atoms with Crippen LogP contribution in [0.2, 0.25) is 0 Å². The van der Waals surface area contributed by atoms with Gasteiger partial charge in [0, 0.05) is 16.3 Å². The molecule has 0 saturated heterocycles. The lowest BCUT2D eigenvalue weighted by atomic mass is 10.2. The van der Waals surface area contributed by atoms with Crippen LogP contribution < -0.4 is 4.74 Å². The van der Waals surface area contributed by atoms with Gasteiger partial charge in [-0.3, -0.25) is 0 Å². The molecule has 5 heteroatoms. The van der Waals surface area contributed by atoms with Crippen LogP contribution in [0.5, 0.6) is 11.5 Å². The fraction of sp³-hybridized carbons (Fsp3) is 0.235. The van der Waals surface area contributed by atoms with Crippen molar-refractivity contribution in [3.8, 4) is 11.5 Å². The molecule has 0 saturated carbocycles. The minimum absolute atomic E-state index is 0.383. The van der Waals surface area contributed by atoms with Crippen molar-refractivity contribution in [2.45, 2.75) is 25.5 Å². The molecular weight excluding hydrogens is 362 g/mol. The van der Waals surface area contributed by atoms with Gasteiger partial charge in [-0.15, -0.1) is 0 Å². The SMILES string of the molecule is CC(C)(C)[S@](=O)/N=C/c1ccc(Br)cc1Oc1ccccc1. The predicted molar refractivity (Wildman–Crippen MR) is 96.1 cm³/mol. The minimum Gasteiger partial charge on any atom is -0.457 e. The number of rotatable bonds is 4. The molecule has 0 aliphatic rings. The van der Waals surface area contributed by atoms with E-state index in [1.807, 2.05) is 69.3 Å². The van der Waals surface area contributed by atoms with Crippen LogP contribution >= 0.6 is 15.9 Å². The van der Waals surface area contributed by atoms with Crippen LogP contribution in [-0.2, 0) is 11.0 Å². The van der Waals surface area contributed by atoms with Gasteiger partial charge in [-0.05, 0) is 51.1 Å². The maximum absolute atomic E-state index is 12.0. The Morgan fingerprint density at radius 2 is 1.82 bits per heavy atom. The van der Waals surface area contributed by atoms with Gasteiger partial charge in [0.15, 0.2) is 0 Å². The van der Waals surface area contributed by atoms with Crippen LogP contribution in [0.4, 0.5) is 0 Å². The van der Waals surface area contributed by atoms with E-state index in [0.717, 1.165) is 15.8 Å². The molecule has 2 aromatic rings. The van der Waals surface area contributed by atoms with Gasteiger partial charge >= 0.3 is 0 Å². The van der Waals surface area contributed by atoms with E-state index < -0.39 is 11.0 Å². The van der Waals surface area contributed by atoms with E-state index >= 15 is 0 Å². The van der Waals surface area contributed by atoms with Crippen molar-refractivity contribution in [2.75, 3.05) is 0 Å². The van der Waals surface area contributed by atoms with Crippen LogP contribution in [0, 0.1) is 0 Å². The molecule has 0 bridgehead atoms. The van der Waals surface area contributed by atoms with Crippen molar-refractivity contribution in [3.63, 3.8) is 0 Å². The van der Waals surface area contributed by atoms with Gasteiger partial charge in [-0.2, -0.15) is 4.40 Å². The van der Waals surface area contributed by atoms with E-state index in [0.29, 0.717) is 5.75 Å². The quantitative estimate of drug-likeness (QED) is 0.691. The molecule has 116 valence electrons. The Morgan fingerprint density at radius 1 is 1.14 bits per heavy atom. The zero-order valence-corrected chi connectivity index (χ0v) is 15.1. The highest BCUT2D eigenvalue weighted by molar-refractivity contribution is 9.10. The molecule has 2 aromatic carbocycles. The fourth-order valence-electron chi connectivity index (χ4n) is 1.58. The summed E-state index contributed by atoms with van der Waals surface area (Å²) in [4.78, 5) is 0. The Hall–Kier alpha value is -1.46. The Bertz CT molecular complexity index is 694. The number of ether oxygens (including phenoxy) is 1. The molecule has 0 unspecified atom stereocenters. The van der Waals surface area contributed by atoms with Crippen LogP contribution in [0.3, 0.4) is 0 Å². The second-order valence-corrected chi connectivity index (χ2v) is 8.54. The van der Waals surface area contributed by atoms with E-state index in [1.54, 1.807) is 6.21 Å². The monoisotopic (exact) mass is 379 g/mol. The molecule has 0 N–H and O–H groups in total. The van der Waals surface area contributed by atoms with Gasteiger partial charge in [0.25, 0.3) is 0 Å². The summed E-state index contributed by atoms with van der Waals surface area (Å²) >= 11 is 3.44. The van der Waals surface area contributed by atoms with E-state index in [9.17, 15) is 4.21 Å². The number of benzene rings is 2. The van der Waals surface area contributed by atoms with Gasteiger partial charge in [0.05, 0.1) is 4.75 Å². The largest absolute Gasteiger partial charge is 0.457 e. The van der Waals surface area contributed by atoms with Crippen LogP contribution in [0.15, 0.2) is 57.4 Å². The normalized spacial score (nSPS) is 13.3. The molecule has 0 spiro atoms. The number of para-hydroxylation sites is 1. The van der Waals surface area contributed by atoms with Gasteiger partial charge in [-0.1, -0.05) is 34.1 Å². The molecule has 0 amide bonds. The highest BCUT2D eigenvalue weighted by Gasteiger charge is 2.18. The molecule has 22 heavy (non-hydrogen) atoms. The van der Waals surface area contributed by atoms with E-state index in [2.05, 4.69) is 20.3 Å². The predicted octanol–water partition coefficient (Wildman–Crippen LogP) is 5.12. The second kappa shape index (κ2) is 7.20. The summed E-state index contributed by atoms with van der Waals surface area (Å²) in [5.74, 6) is 1.41. The standard InChI is InChI=1S/C17H18BrNO2S/c1-17(2,3)22(20)19-12-13-9-10-14(18)11-16(13)21-15-7-5-4-6-8-15/h4-12H,1-3H3/b19-12+/t22-/m0/s1. The first kappa shape index (κ1) is 16.9. The zero-order chi connectivity index (χ0) is 16.2. The van der Waals surface area contributed by atoms with Crippen molar-refractivity contribution in [3.05, 3.63) is 58.6 Å². The molecule has 0 aliphatic heterocycles. The Morgan fingerprint density at radius 3 is 2.45 bits per heavy atom. The maximum Gasteiger partial charge on any atom is 0.144 e. The molecule has 0 fully saturated rings. The summed E-state index contributed by atoms with van der Waals surface area (Å²) in [5.41, 5.74) is 0.782. The average Bonchev–Trinajstić information content (AvgIpc) is 2.46. The molecule has 0 radical (unpaired) electrons. The molecule has 0 aromatic heterocycles. The lowest BCUT2D eigenvalue weighted by Gasteiger charge is -2.13. The van der Waals surface area contributed by atoms with Crippen LogP contribution in [0.1, 0.15) is 26.3 Å². The van der Waals surface area contributed by atoms with Gasteiger partial charge in [0.2, 0.25) is 0 Å². The molecule has 3 nitrogen and oxygen atoms in total. The molecule has 0 heterocycles. The Kier molecular flexibility index (Phi) is 5.53. The van der Waals surface area contributed by atoms with Crippen LogP contribution in [0.25, 0.3) is 0 Å². The third-order valence-electron chi connectivity index (χ3n) is 2.76.